The van der Waals surface area contributed by atoms with E-state index >= 15 is 0 Å². The van der Waals surface area contributed by atoms with Gasteiger partial charge in [0, 0.05) is 19.1 Å². The molecule has 2 heterocycles. The summed E-state index contributed by atoms with van der Waals surface area (Å²) in [6.45, 7) is 6.15. The largest absolute Gasteiger partial charge is 0.393 e. The first-order chi connectivity index (χ1) is 9.25. The lowest BCUT2D eigenvalue weighted by molar-refractivity contribution is 0.121. The third-order valence-corrected chi connectivity index (χ3v) is 4.70. The number of benzene rings is 1. The second-order valence-corrected chi connectivity index (χ2v) is 5.96. The zero-order valence-electron chi connectivity index (χ0n) is 11.7. The van der Waals surface area contributed by atoms with Gasteiger partial charge in [-0.15, -0.1) is 0 Å². The molecule has 2 N–H and O–H groups in total. The van der Waals surface area contributed by atoms with Gasteiger partial charge >= 0.3 is 0 Å². The van der Waals surface area contributed by atoms with Crippen LogP contribution in [0.4, 0.5) is 0 Å². The Hall–Kier alpha value is -0.900. The van der Waals surface area contributed by atoms with Crippen LogP contribution in [0.15, 0.2) is 24.3 Å². The first kappa shape index (κ1) is 13.1. The van der Waals surface area contributed by atoms with Crippen molar-refractivity contribution in [3.63, 3.8) is 0 Å². The Labute approximate surface area is 115 Å². The van der Waals surface area contributed by atoms with Crippen molar-refractivity contribution in [2.45, 2.75) is 38.5 Å². The van der Waals surface area contributed by atoms with Crippen LogP contribution in [-0.4, -0.2) is 35.7 Å². The van der Waals surface area contributed by atoms with Gasteiger partial charge in [0.1, 0.15) is 0 Å². The molecule has 3 rings (SSSR count). The van der Waals surface area contributed by atoms with Crippen molar-refractivity contribution < 1.29 is 5.11 Å². The Morgan fingerprint density at radius 3 is 2.95 bits per heavy atom. The standard InChI is InChI=1S/C16H24N2O/c1-12(19)14-7-9-18(11-14)16-6-8-17-10-13-4-2-3-5-15(13)16/h2-5,12,14,16-17,19H,6-11H2,1H3. The molecule has 0 saturated carbocycles. The Kier molecular flexibility index (Phi) is 3.87. The molecule has 3 nitrogen and oxygen atoms in total. The number of fused-ring (bicyclic) bond motifs is 1. The Balaban J connectivity index is 1.81. The summed E-state index contributed by atoms with van der Waals surface area (Å²) < 4.78 is 0. The van der Waals surface area contributed by atoms with Crippen molar-refractivity contribution in [2.24, 2.45) is 5.92 Å². The highest BCUT2D eigenvalue weighted by atomic mass is 16.3. The predicted octanol–water partition coefficient (Wildman–Crippen LogP) is 1.92. The van der Waals surface area contributed by atoms with Gasteiger partial charge in [0.25, 0.3) is 0 Å². The summed E-state index contributed by atoms with van der Waals surface area (Å²) >= 11 is 0. The molecule has 2 aliphatic heterocycles. The lowest BCUT2D eigenvalue weighted by Gasteiger charge is -2.28. The number of aliphatic hydroxyl groups is 1. The molecule has 0 amide bonds. The van der Waals surface area contributed by atoms with Crippen molar-refractivity contribution >= 4 is 0 Å². The molecule has 3 heteroatoms. The van der Waals surface area contributed by atoms with E-state index in [4.69, 9.17) is 0 Å². The minimum atomic E-state index is -0.177. The van der Waals surface area contributed by atoms with Gasteiger partial charge in [0.2, 0.25) is 0 Å². The molecule has 3 atom stereocenters. The maximum absolute atomic E-state index is 9.78. The van der Waals surface area contributed by atoms with Gasteiger partial charge in [-0.1, -0.05) is 24.3 Å². The highest BCUT2D eigenvalue weighted by Gasteiger charge is 2.32. The van der Waals surface area contributed by atoms with Gasteiger partial charge < -0.3 is 10.4 Å². The molecule has 104 valence electrons. The maximum Gasteiger partial charge on any atom is 0.0552 e. The first-order valence-corrected chi connectivity index (χ1v) is 7.46. The summed E-state index contributed by atoms with van der Waals surface area (Å²) in [7, 11) is 0. The highest BCUT2D eigenvalue weighted by Crippen LogP contribution is 2.33. The monoisotopic (exact) mass is 260 g/mol. The Bertz CT molecular complexity index is 433. The van der Waals surface area contributed by atoms with Gasteiger partial charge in [-0.2, -0.15) is 0 Å². The summed E-state index contributed by atoms with van der Waals surface area (Å²) in [5.74, 6) is 0.448. The molecule has 0 radical (unpaired) electrons. The maximum atomic E-state index is 9.78. The number of hydrogen-bond acceptors (Lipinski definition) is 3. The smallest absolute Gasteiger partial charge is 0.0552 e. The fourth-order valence-corrected chi connectivity index (χ4v) is 3.51. The van der Waals surface area contributed by atoms with E-state index in [-0.39, 0.29) is 6.10 Å². The minimum Gasteiger partial charge on any atom is -0.393 e. The van der Waals surface area contributed by atoms with E-state index < -0.39 is 0 Å². The molecule has 0 aliphatic carbocycles. The zero-order valence-corrected chi connectivity index (χ0v) is 11.7. The zero-order chi connectivity index (χ0) is 13.2. The van der Waals surface area contributed by atoms with E-state index in [1.165, 1.54) is 17.5 Å². The molecule has 0 bridgehead atoms. The van der Waals surface area contributed by atoms with E-state index in [0.29, 0.717) is 12.0 Å². The lowest BCUT2D eigenvalue weighted by atomic mass is 9.98. The van der Waals surface area contributed by atoms with Crippen LogP contribution in [0.5, 0.6) is 0 Å². The van der Waals surface area contributed by atoms with Crippen molar-refractivity contribution in [1.29, 1.82) is 0 Å². The average Bonchev–Trinajstić information content (AvgIpc) is 2.80. The second kappa shape index (κ2) is 5.61. The first-order valence-electron chi connectivity index (χ1n) is 7.46. The molecular formula is C16H24N2O. The van der Waals surface area contributed by atoms with E-state index in [1.807, 2.05) is 6.92 Å². The number of hydrogen-bond donors (Lipinski definition) is 2. The quantitative estimate of drug-likeness (QED) is 0.853. The third kappa shape index (κ3) is 2.69. The SMILES string of the molecule is CC(O)C1CCN(C2CCNCc3ccccc32)C1. The van der Waals surface area contributed by atoms with Crippen molar-refractivity contribution in [1.82, 2.24) is 10.2 Å². The molecule has 0 aromatic heterocycles. The molecule has 0 spiro atoms. The number of nitrogens with one attached hydrogen (secondary N) is 1. The number of nitrogens with zero attached hydrogens (tertiary/aromatic N) is 1. The van der Waals surface area contributed by atoms with Gasteiger partial charge in [-0.3, -0.25) is 4.90 Å². The molecule has 1 aromatic rings. The molecule has 1 saturated heterocycles. The van der Waals surface area contributed by atoms with E-state index in [9.17, 15) is 5.11 Å². The summed E-state index contributed by atoms with van der Waals surface area (Å²) in [5.41, 5.74) is 2.92. The van der Waals surface area contributed by atoms with E-state index in [2.05, 4.69) is 34.5 Å². The van der Waals surface area contributed by atoms with Crippen LogP contribution in [-0.2, 0) is 6.54 Å². The van der Waals surface area contributed by atoms with Gasteiger partial charge in [-0.25, -0.2) is 0 Å². The average molecular weight is 260 g/mol. The molecular weight excluding hydrogens is 236 g/mol. The Morgan fingerprint density at radius 1 is 1.32 bits per heavy atom. The summed E-state index contributed by atoms with van der Waals surface area (Å²) in [6.07, 6.45) is 2.12. The van der Waals surface area contributed by atoms with Gasteiger partial charge in [0.15, 0.2) is 0 Å². The number of likely N-dealkylation sites (tertiary alicyclic amines) is 1. The summed E-state index contributed by atoms with van der Waals surface area (Å²) in [5, 5.41) is 13.3. The molecule has 2 aliphatic rings. The lowest BCUT2D eigenvalue weighted by Crippen LogP contribution is -2.29. The summed E-state index contributed by atoms with van der Waals surface area (Å²) in [6, 6.07) is 9.33. The van der Waals surface area contributed by atoms with Crippen molar-refractivity contribution in [3.05, 3.63) is 35.4 Å². The Morgan fingerprint density at radius 2 is 2.16 bits per heavy atom. The highest BCUT2D eigenvalue weighted by molar-refractivity contribution is 5.31. The van der Waals surface area contributed by atoms with E-state index in [0.717, 1.165) is 32.6 Å². The predicted molar refractivity (Wildman–Crippen MR) is 76.9 cm³/mol. The molecule has 19 heavy (non-hydrogen) atoms. The molecule has 1 fully saturated rings. The van der Waals surface area contributed by atoms with Crippen LogP contribution in [0.2, 0.25) is 0 Å². The minimum absolute atomic E-state index is 0.177. The van der Waals surface area contributed by atoms with E-state index in [1.54, 1.807) is 0 Å². The number of aliphatic hydroxyl groups excluding tert-OH is 1. The van der Waals surface area contributed by atoms with Crippen LogP contribution >= 0.6 is 0 Å². The van der Waals surface area contributed by atoms with Crippen LogP contribution in [0.1, 0.15) is 36.9 Å². The third-order valence-electron chi connectivity index (χ3n) is 4.70. The van der Waals surface area contributed by atoms with Crippen molar-refractivity contribution in [3.8, 4) is 0 Å². The number of rotatable bonds is 2. The normalized spacial score (nSPS) is 29.8. The molecule has 1 aromatic carbocycles. The van der Waals surface area contributed by atoms with Gasteiger partial charge in [0.05, 0.1) is 6.10 Å². The van der Waals surface area contributed by atoms with Crippen molar-refractivity contribution in [2.75, 3.05) is 19.6 Å². The van der Waals surface area contributed by atoms with Crippen LogP contribution in [0.25, 0.3) is 0 Å². The van der Waals surface area contributed by atoms with Crippen LogP contribution in [0.3, 0.4) is 0 Å². The summed E-state index contributed by atoms with van der Waals surface area (Å²) in [4.78, 5) is 2.57. The van der Waals surface area contributed by atoms with Crippen LogP contribution < -0.4 is 5.32 Å². The topological polar surface area (TPSA) is 35.5 Å². The molecule has 3 unspecified atom stereocenters. The second-order valence-electron chi connectivity index (χ2n) is 5.96. The fourth-order valence-electron chi connectivity index (χ4n) is 3.51. The van der Waals surface area contributed by atoms with Crippen LogP contribution in [0, 0.1) is 5.92 Å². The fraction of sp³-hybridized carbons (Fsp3) is 0.625. The van der Waals surface area contributed by atoms with Gasteiger partial charge in [-0.05, 0) is 49.9 Å².